The Hall–Kier alpha value is -3.38. The molecule has 1 aromatic heterocycles. The van der Waals surface area contributed by atoms with Crippen molar-refractivity contribution in [1.29, 1.82) is 0 Å². The number of nitro groups is 1. The molecule has 0 unspecified atom stereocenters. The van der Waals surface area contributed by atoms with Gasteiger partial charge in [-0.1, -0.05) is 102 Å². The Kier molecular flexibility index (Phi) is 7.02. The molecule has 0 N–H and O–H groups in total. The molecule has 4 aromatic rings. The van der Waals surface area contributed by atoms with Crippen molar-refractivity contribution in [3.8, 4) is 0 Å². The van der Waals surface area contributed by atoms with Crippen LogP contribution in [-0.2, 0) is 6.54 Å². The van der Waals surface area contributed by atoms with Crippen molar-refractivity contribution in [1.82, 2.24) is 9.55 Å². The van der Waals surface area contributed by atoms with Gasteiger partial charge in [0.15, 0.2) is 0 Å². The average Bonchev–Trinajstić information content (AvgIpc) is 3.51. The Morgan fingerprint density at radius 2 is 1.62 bits per heavy atom. The third-order valence-electron chi connectivity index (χ3n) is 5.57. The minimum absolute atomic E-state index is 0.000573. The van der Waals surface area contributed by atoms with E-state index in [9.17, 15) is 10.1 Å². The van der Waals surface area contributed by atoms with E-state index in [4.69, 9.17) is 11.6 Å². The van der Waals surface area contributed by atoms with E-state index < -0.39 is 4.92 Å². The van der Waals surface area contributed by atoms with Crippen molar-refractivity contribution in [3.05, 3.63) is 118 Å². The van der Waals surface area contributed by atoms with Gasteiger partial charge in [0.1, 0.15) is 0 Å². The van der Waals surface area contributed by atoms with Gasteiger partial charge in [0.05, 0.1) is 16.3 Å². The number of non-ortho nitro benzene ring substituents is 1. The van der Waals surface area contributed by atoms with Crippen LogP contribution in [0.4, 0.5) is 5.69 Å². The average molecular weight is 444 g/mol. The second-order valence-corrected chi connectivity index (χ2v) is 8.31. The molecule has 7 heteroatoms. The highest BCUT2D eigenvalue weighted by Crippen LogP contribution is 2.38. The molecular formula is C25H23BClN3O2. The molecule has 0 amide bonds. The number of hydrogen-bond donors (Lipinski definition) is 0. The number of halogens is 1. The van der Waals surface area contributed by atoms with E-state index in [0.29, 0.717) is 18.3 Å². The summed E-state index contributed by atoms with van der Waals surface area (Å²) in [5.41, 5.74) is 3.76. The highest BCUT2D eigenvalue weighted by molar-refractivity contribution is 6.86. The van der Waals surface area contributed by atoms with Crippen molar-refractivity contribution < 1.29 is 4.92 Å². The molecule has 3 aromatic carbocycles. The van der Waals surface area contributed by atoms with Gasteiger partial charge in [0.2, 0.25) is 6.71 Å². The summed E-state index contributed by atoms with van der Waals surface area (Å²) in [6.45, 7) is 1.17. The summed E-state index contributed by atoms with van der Waals surface area (Å²) >= 11 is 5.95. The first-order valence-electron chi connectivity index (χ1n) is 10.6. The maximum Gasteiger partial charge on any atom is 0.270 e. The molecule has 1 aliphatic carbocycles. The highest BCUT2D eigenvalue weighted by atomic mass is 35.5. The SMILES string of the molecule is O=[N+]([O-])c1ccc(Cn2ccnc2)c(Cl)c1.c1ccc(B(c2ccccc2)C2CC2)cc1. The van der Waals surface area contributed by atoms with E-state index in [1.807, 2.05) is 4.57 Å². The second kappa shape index (κ2) is 10.3. The van der Waals surface area contributed by atoms with Crippen molar-refractivity contribution in [3.63, 3.8) is 0 Å². The Balaban J connectivity index is 0.000000153. The van der Waals surface area contributed by atoms with Crippen LogP contribution in [0.25, 0.3) is 0 Å². The Morgan fingerprint density at radius 1 is 1.00 bits per heavy atom. The van der Waals surface area contributed by atoms with Crippen molar-refractivity contribution >= 4 is 34.9 Å². The van der Waals surface area contributed by atoms with Crippen LogP contribution >= 0.6 is 11.6 Å². The van der Waals surface area contributed by atoms with Gasteiger partial charge in [0.25, 0.3) is 5.69 Å². The Morgan fingerprint density at radius 3 is 2.09 bits per heavy atom. The third kappa shape index (κ3) is 5.65. The van der Waals surface area contributed by atoms with Gasteiger partial charge >= 0.3 is 0 Å². The lowest BCUT2D eigenvalue weighted by Gasteiger charge is -2.13. The molecule has 160 valence electrons. The summed E-state index contributed by atoms with van der Waals surface area (Å²) < 4.78 is 1.84. The quantitative estimate of drug-likeness (QED) is 0.240. The van der Waals surface area contributed by atoms with Gasteiger partial charge in [0, 0.05) is 31.1 Å². The largest absolute Gasteiger partial charge is 0.333 e. The van der Waals surface area contributed by atoms with Crippen LogP contribution < -0.4 is 10.9 Å². The fourth-order valence-electron chi connectivity index (χ4n) is 3.84. The molecule has 0 aliphatic heterocycles. The number of rotatable bonds is 6. The van der Waals surface area contributed by atoms with Gasteiger partial charge in [-0.25, -0.2) is 4.98 Å². The fraction of sp³-hybridized carbons (Fsp3) is 0.160. The lowest BCUT2D eigenvalue weighted by molar-refractivity contribution is -0.384. The van der Waals surface area contributed by atoms with Gasteiger partial charge in [-0.15, -0.1) is 0 Å². The highest BCUT2D eigenvalue weighted by Gasteiger charge is 2.36. The minimum atomic E-state index is -0.465. The first-order chi connectivity index (χ1) is 15.6. The summed E-state index contributed by atoms with van der Waals surface area (Å²) in [6, 6.07) is 26.3. The minimum Gasteiger partial charge on any atom is -0.333 e. The van der Waals surface area contributed by atoms with Gasteiger partial charge < -0.3 is 4.57 Å². The van der Waals surface area contributed by atoms with Crippen LogP contribution in [0.2, 0.25) is 10.8 Å². The van der Waals surface area contributed by atoms with E-state index in [1.165, 1.54) is 35.9 Å². The van der Waals surface area contributed by atoms with Gasteiger partial charge in [-0.2, -0.15) is 0 Å². The predicted molar refractivity (Wildman–Crippen MR) is 130 cm³/mol. The van der Waals surface area contributed by atoms with E-state index in [-0.39, 0.29) is 5.69 Å². The predicted octanol–water partition coefficient (Wildman–Crippen LogP) is 4.95. The van der Waals surface area contributed by atoms with E-state index in [2.05, 4.69) is 65.6 Å². The molecule has 1 fully saturated rings. The first kappa shape index (κ1) is 21.8. The standard InChI is InChI=1S/C15H15B.C10H8ClN3O2/c1-3-7-13(8-4-1)16(15-11-12-15)14-9-5-2-6-10-14;11-10-5-9(14(15)16)2-1-8(10)6-13-4-3-12-7-13/h1-10,15H,11-12H2;1-5,7H,6H2. The topological polar surface area (TPSA) is 61.0 Å². The lowest BCUT2D eigenvalue weighted by Crippen LogP contribution is -2.42. The maximum absolute atomic E-state index is 10.5. The summed E-state index contributed by atoms with van der Waals surface area (Å²) in [7, 11) is 0. The molecule has 1 aliphatic rings. The number of nitro benzene ring substituents is 1. The number of benzene rings is 3. The first-order valence-corrected chi connectivity index (χ1v) is 11.0. The molecule has 0 atom stereocenters. The Bertz CT molecular complexity index is 1110. The van der Waals surface area contributed by atoms with Crippen LogP contribution in [0.1, 0.15) is 18.4 Å². The molecular weight excluding hydrogens is 421 g/mol. The molecule has 5 nitrogen and oxygen atoms in total. The molecule has 1 heterocycles. The monoisotopic (exact) mass is 443 g/mol. The van der Waals surface area contributed by atoms with Crippen LogP contribution in [0.15, 0.2) is 97.6 Å². The second-order valence-electron chi connectivity index (χ2n) is 7.90. The number of hydrogen-bond acceptors (Lipinski definition) is 3. The number of imidazole rings is 1. The van der Waals surface area contributed by atoms with E-state index in [0.717, 1.165) is 11.4 Å². The molecule has 5 rings (SSSR count). The smallest absolute Gasteiger partial charge is 0.270 e. The normalized spacial score (nSPS) is 12.5. The molecule has 0 radical (unpaired) electrons. The van der Waals surface area contributed by atoms with Gasteiger partial charge in [-0.05, 0) is 11.6 Å². The fourth-order valence-corrected chi connectivity index (χ4v) is 4.08. The molecule has 32 heavy (non-hydrogen) atoms. The Labute approximate surface area is 192 Å². The van der Waals surface area contributed by atoms with Crippen LogP contribution in [0.5, 0.6) is 0 Å². The number of aromatic nitrogens is 2. The molecule has 0 spiro atoms. The van der Waals surface area contributed by atoms with Crippen LogP contribution in [0.3, 0.4) is 0 Å². The van der Waals surface area contributed by atoms with E-state index in [1.54, 1.807) is 24.8 Å². The van der Waals surface area contributed by atoms with Crippen molar-refractivity contribution in [2.45, 2.75) is 25.2 Å². The zero-order chi connectivity index (χ0) is 22.3. The van der Waals surface area contributed by atoms with Crippen LogP contribution in [-0.4, -0.2) is 21.2 Å². The zero-order valence-corrected chi connectivity index (χ0v) is 18.3. The lowest BCUT2D eigenvalue weighted by atomic mass is 9.37. The molecule has 0 bridgehead atoms. The third-order valence-corrected chi connectivity index (χ3v) is 5.92. The van der Waals surface area contributed by atoms with Crippen LogP contribution in [0, 0.1) is 10.1 Å². The molecule has 1 saturated carbocycles. The summed E-state index contributed by atoms with van der Waals surface area (Å²) in [5.74, 6) is 0.866. The summed E-state index contributed by atoms with van der Waals surface area (Å²) in [4.78, 5) is 14.0. The molecule has 0 saturated heterocycles. The van der Waals surface area contributed by atoms with Crippen molar-refractivity contribution in [2.75, 3.05) is 0 Å². The summed E-state index contributed by atoms with van der Waals surface area (Å²) in [5, 5.41) is 10.9. The van der Waals surface area contributed by atoms with E-state index >= 15 is 0 Å². The zero-order valence-electron chi connectivity index (χ0n) is 17.5. The summed E-state index contributed by atoms with van der Waals surface area (Å²) in [6.07, 6.45) is 7.90. The maximum atomic E-state index is 10.5. The number of nitrogens with zero attached hydrogens (tertiary/aromatic N) is 3. The van der Waals surface area contributed by atoms with Crippen molar-refractivity contribution in [2.24, 2.45) is 0 Å². The van der Waals surface area contributed by atoms with Gasteiger partial charge in [-0.3, -0.25) is 10.1 Å².